The second-order valence-corrected chi connectivity index (χ2v) is 3.92. The van der Waals surface area contributed by atoms with Crippen LogP contribution in [0.1, 0.15) is 32.1 Å². The molecule has 0 aromatic heterocycles. The van der Waals surface area contributed by atoms with Crippen LogP contribution in [-0.2, 0) is 14.3 Å². The summed E-state index contributed by atoms with van der Waals surface area (Å²) in [7, 11) is 1.40. The van der Waals surface area contributed by atoms with Gasteiger partial charge in [0, 0.05) is 0 Å². The second-order valence-electron chi connectivity index (χ2n) is 3.92. The van der Waals surface area contributed by atoms with Crippen LogP contribution in [0.2, 0.25) is 0 Å². The molecule has 1 saturated carbocycles. The van der Waals surface area contributed by atoms with Crippen LogP contribution in [0, 0.1) is 0 Å². The topological polar surface area (TPSA) is 47.9 Å². The third kappa shape index (κ3) is 1.38. The Kier molecular flexibility index (Phi) is 2.44. The van der Waals surface area contributed by atoms with Crippen LogP contribution in [0.5, 0.6) is 0 Å². The van der Waals surface area contributed by atoms with Crippen LogP contribution in [0.3, 0.4) is 0 Å². The lowest BCUT2D eigenvalue weighted by molar-refractivity contribution is -0.147. The van der Waals surface area contributed by atoms with Crippen molar-refractivity contribution in [3.8, 4) is 0 Å². The number of hydrogen-bond donors (Lipinski definition) is 0. The summed E-state index contributed by atoms with van der Waals surface area (Å²) in [5, 5.41) is 0. The number of carbonyl (C=O) groups is 1. The van der Waals surface area contributed by atoms with Crippen molar-refractivity contribution < 1.29 is 14.3 Å². The Hall–Kier alpha value is -1.06. The molecule has 1 unspecified atom stereocenters. The number of esters is 1. The predicted octanol–water partition coefficient (Wildman–Crippen LogP) is 1.29. The van der Waals surface area contributed by atoms with Crippen molar-refractivity contribution in [2.75, 3.05) is 7.11 Å². The average molecular weight is 197 g/mol. The Morgan fingerprint density at radius 1 is 1.50 bits per heavy atom. The van der Waals surface area contributed by atoms with E-state index in [1.807, 2.05) is 0 Å². The van der Waals surface area contributed by atoms with E-state index in [1.165, 1.54) is 19.9 Å². The number of nitrogens with zero attached hydrogens (tertiary/aromatic N) is 1. The summed E-state index contributed by atoms with van der Waals surface area (Å²) in [6, 6.07) is -0.437. The van der Waals surface area contributed by atoms with E-state index in [0.29, 0.717) is 0 Å². The van der Waals surface area contributed by atoms with Gasteiger partial charge in [0.1, 0.15) is 5.60 Å². The molecule has 1 atom stereocenters. The summed E-state index contributed by atoms with van der Waals surface area (Å²) in [6.07, 6.45) is 6.67. The molecule has 14 heavy (non-hydrogen) atoms. The van der Waals surface area contributed by atoms with Crippen molar-refractivity contribution >= 4 is 12.4 Å². The molecule has 1 aliphatic carbocycles. The number of carbonyl (C=O) groups excluding carboxylic acids is 1. The van der Waals surface area contributed by atoms with E-state index in [4.69, 9.17) is 9.47 Å². The van der Waals surface area contributed by atoms with Gasteiger partial charge in [-0.15, -0.1) is 0 Å². The molecule has 1 spiro atoms. The molecule has 78 valence electrons. The number of rotatable bonds is 1. The van der Waals surface area contributed by atoms with E-state index in [9.17, 15) is 4.79 Å². The summed E-state index contributed by atoms with van der Waals surface area (Å²) < 4.78 is 10.3. The first-order valence-corrected chi connectivity index (χ1v) is 5.06. The molecule has 0 N–H and O–H groups in total. The Morgan fingerprint density at radius 2 is 2.21 bits per heavy atom. The van der Waals surface area contributed by atoms with Crippen molar-refractivity contribution in [1.82, 2.24) is 0 Å². The van der Waals surface area contributed by atoms with Gasteiger partial charge in [0.05, 0.1) is 7.11 Å². The minimum absolute atomic E-state index is 0.277. The molecule has 2 rings (SSSR count). The molecule has 4 heteroatoms. The molecule has 1 aliphatic heterocycles. The maximum Gasteiger partial charge on any atom is 0.334 e. The number of aliphatic imine (C=N–C) groups is 1. The van der Waals surface area contributed by atoms with Crippen LogP contribution < -0.4 is 0 Å². The SMILES string of the molecule is COC(=O)C1N=COC12CCCCC2. The summed E-state index contributed by atoms with van der Waals surface area (Å²) in [5.74, 6) is -0.277. The van der Waals surface area contributed by atoms with Gasteiger partial charge in [0.15, 0.2) is 12.4 Å². The monoisotopic (exact) mass is 197 g/mol. The molecule has 0 amide bonds. The third-order valence-corrected chi connectivity index (χ3v) is 3.12. The van der Waals surface area contributed by atoms with Crippen molar-refractivity contribution in [3.05, 3.63) is 0 Å². The first-order chi connectivity index (χ1) is 6.78. The van der Waals surface area contributed by atoms with Gasteiger partial charge in [-0.25, -0.2) is 9.79 Å². The smallest absolute Gasteiger partial charge is 0.334 e. The normalized spacial score (nSPS) is 28.8. The lowest BCUT2D eigenvalue weighted by Gasteiger charge is -2.34. The highest BCUT2D eigenvalue weighted by molar-refractivity contribution is 5.80. The van der Waals surface area contributed by atoms with Crippen molar-refractivity contribution in [2.24, 2.45) is 4.99 Å². The maximum atomic E-state index is 11.5. The van der Waals surface area contributed by atoms with Crippen LogP contribution in [-0.4, -0.2) is 31.1 Å². The number of ether oxygens (including phenoxy) is 2. The largest absolute Gasteiger partial charge is 0.474 e. The highest BCUT2D eigenvalue weighted by Gasteiger charge is 2.48. The maximum absolute atomic E-state index is 11.5. The Bertz CT molecular complexity index is 256. The minimum Gasteiger partial charge on any atom is -0.474 e. The Labute approximate surface area is 83.3 Å². The minimum atomic E-state index is -0.437. The van der Waals surface area contributed by atoms with Gasteiger partial charge >= 0.3 is 5.97 Å². The lowest BCUT2D eigenvalue weighted by Crippen LogP contribution is -2.46. The van der Waals surface area contributed by atoms with Crippen LogP contribution in [0.4, 0.5) is 0 Å². The van der Waals surface area contributed by atoms with E-state index in [1.54, 1.807) is 0 Å². The van der Waals surface area contributed by atoms with Gasteiger partial charge in [-0.3, -0.25) is 0 Å². The average Bonchev–Trinajstić information content (AvgIpc) is 2.62. The van der Waals surface area contributed by atoms with Crippen LogP contribution in [0.15, 0.2) is 4.99 Å². The van der Waals surface area contributed by atoms with Gasteiger partial charge in [-0.1, -0.05) is 6.42 Å². The molecule has 4 nitrogen and oxygen atoms in total. The first-order valence-electron chi connectivity index (χ1n) is 5.06. The standard InChI is InChI=1S/C10H15NO3/c1-13-9(12)8-10(14-7-11-8)5-3-2-4-6-10/h7-8H,2-6H2,1H3. The number of hydrogen-bond acceptors (Lipinski definition) is 4. The second kappa shape index (κ2) is 3.59. The van der Waals surface area contributed by atoms with Gasteiger partial charge in [0.2, 0.25) is 0 Å². The zero-order valence-electron chi connectivity index (χ0n) is 8.36. The molecule has 0 bridgehead atoms. The van der Waals surface area contributed by atoms with Crippen molar-refractivity contribution in [1.29, 1.82) is 0 Å². The third-order valence-electron chi connectivity index (χ3n) is 3.12. The number of methoxy groups -OCH3 is 1. The quantitative estimate of drug-likeness (QED) is 0.595. The van der Waals surface area contributed by atoms with Crippen molar-refractivity contribution in [2.45, 2.75) is 43.7 Å². The summed E-state index contributed by atoms with van der Waals surface area (Å²) in [4.78, 5) is 15.5. The summed E-state index contributed by atoms with van der Waals surface area (Å²) in [6.45, 7) is 0. The molecular formula is C10H15NO3. The van der Waals surface area contributed by atoms with E-state index in [0.717, 1.165) is 25.7 Å². The summed E-state index contributed by atoms with van der Waals surface area (Å²) in [5.41, 5.74) is -0.384. The van der Waals surface area contributed by atoms with Gasteiger partial charge < -0.3 is 9.47 Å². The molecule has 0 aromatic carbocycles. The lowest BCUT2D eigenvalue weighted by atomic mass is 9.80. The van der Waals surface area contributed by atoms with Gasteiger partial charge in [-0.2, -0.15) is 0 Å². The predicted molar refractivity (Wildman–Crippen MR) is 51.2 cm³/mol. The van der Waals surface area contributed by atoms with E-state index in [2.05, 4.69) is 4.99 Å². The zero-order chi connectivity index (χ0) is 10.0. The zero-order valence-corrected chi connectivity index (χ0v) is 8.36. The van der Waals surface area contributed by atoms with Gasteiger partial charge in [-0.05, 0) is 25.7 Å². The molecule has 0 saturated heterocycles. The summed E-state index contributed by atoms with van der Waals surface area (Å²) >= 11 is 0. The fourth-order valence-electron chi connectivity index (χ4n) is 2.33. The highest BCUT2D eigenvalue weighted by atomic mass is 16.5. The van der Waals surface area contributed by atoms with E-state index < -0.39 is 6.04 Å². The Morgan fingerprint density at radius 3 is 2.86 bits per heavy atom. The molecule has 1 fully saturated rings. The fraction of sp³-hybridized carbons (Fsp3) is 0.800. The van der Waals surface area contributed by atoms with Crippen LogP contribution in [0.25, 0.3) is 0 Å². The molecule has 1 heterocycles. The molecule has 0 aromatic rings. The van der Waals surface area contributed by atoms with Crippen molar-refractivity contribution in [3.63, 3.8) is 0 Å². The van der Waals surface area contributed by atoms with Crippen LogP contribution >= 0.6 is 0 Å². The van der Waals surface area contributed by atoms with Gasteiger partial charge in [0.25, 0.3) is 0 Å². The highest BCUT2D eigenvalue weighted by Crippen LogP contribution is 2.38. The Balaban J connectivity index is 2.14. The molecule has 2 aliphatic rings. The molecule has 0 radical (unpaired) electrons. The van der Waals surface area contributed by atoms with E-state index in [-0.39, 0.29) is 11.6 Å². The fourth-order valence-corrected chi connectivity index (χ4v) is 2.33. The molecular weight excluding hydrogens is 182 g/mol. The first kappa shape index (κ1) is 9.49. The van der Waals surface area contributed by atoms with E-state index >= 15 is 0 Å².